The molecule has 0 spiro atoms. The number of H-pyrrole nitrogens is 1. The van der Waals surface area contributed by atoms with E-state index >= 15 is 0 Å². The van der Waals surface area contributed by atoms with Gasteiger partial charge in [0.25, 0.3) is 11.5 Å². The topological polar surface area (TPSA) is 91.8 Å². The highest BCUT2D eigenvalue weighted by Gasteiger charge is 2.53. The van der Waals surface area contributed by atoms with Gasteiger partial charge < -0.3 is 9.88 Å². The van der Waals surface area contributed by atoms with Crippen LogP contribution < -0.4 is 5.56 Å². The van der Waals surface area contributed by atoms with E-state index < -0.39 is 11.6 Å². The SMILES string of the molecule is CCN(C[C@]1(C)CC[C@@H](c2cnnc(-c3c(F)cccc3F)c2)C1(C)C)C(=O)c1nc2ccccc2c(=O)[nH]1. The number of rotatable bonds is 6. The zero-order valence-electron chi connectivity index (χ0n) is 22.5. The number of amides is 1. The molecule has 1 N–H and O–H groups in total. The summed E-state index contributed by atoms with van der Waals surface area (Å²) in [4.78, 5) is 34.9. The van der Waals surface area contributed by atoms with Gasteiger partial charge in [-0.05, 0) is 72.4 Å². The molecule has 2 heterocycles. The van der Waals surface area contributed by atoms with Crippen LogP contribution in [0.4, 0.5) is 8.78 Å². The van der Waals surface area contributed by atoms with Crippen molar-refractivity contribution in [3.63, 3.8) is 0 Å². The van der Waals surface area contributed by atoms with Gasteiger partial charge >= 0.3 is 0 Å². The number of aromatic amines is 1. The van der Waals surface area contributed by atoms with E-state index in [9.17, 15) is 18.4 Å². The number of carbonyl (C=O) groups excluding carboxylic acids is 1. The molecule has 9 heteroatoms. The van der Waals surface area contributed by atoms with E-state index in [-0.39, 0.29) is 45.3 Å². The maximum absolute atomic E-state index is 14.5. The summed E-state index contributed by atoms with van der Waals surface area (Å²) in [5.74, 6) is -1.65. The Labute approximate surface area is 225 Å². The highest BCUT2D eigenvalue weighted by molar-refractivity contribution is 5.92. The smallest absolute Gasteiger partial charge is 0.289 e. The van der Waals surface area contributed by atoms with Gasteiger partial charge in [-0.15, -0.1) is 0 Å². The molecule has 1 saturated carbocycles. The fourth-order valence-electron chi connectivity index (χ4n) is 5.96. The number of hydrogen-bond acceptors (Lipinski definition) is 5. The van der Waals surface area contributed by atoms with Gasteiger partial charge in [0.15, 0.2) is 5.82 Å². The average molecular weight is 532 g/mol. The molecule has 39 heavy (non-hydrogen) atoms. The van der Waals surface area contributed by atoms with E-state index in [0.29, 0.717) is 24.0 Å². The molecule has 7 nitrogen and oxygen atoms in total. The summed E-state index contributed by atoms with van der Waals surface area (Å²) in [6, 6.07) is 12.4. The largest absolute Gasteiger partial charge is 0.336 e. The van der Waals surface area contributed by atoms with E-state index in [1.165, 1.54) is 18.2 Å². The van der Waals surface area contributed by atoms with Crippen LogP contribution >= 0.6 is 0 Å². The second-order valence-corrected chi connectivity index (χ2v) is 11.1. The van der Waals surface area contributed by atoms with Gasteiger partial charge in [0.05, 0.1) is 28.4 Å². The predicted molar refractivity (Wildman–Crippen MR) is 145 cm³/mol. The van der Waals surface area contributed by atoms with Crippen molar-refractivity contribution in [1.82, 2.24) is 25.1 Å². The van der Waals surface area contributed by atoms with Crippen LogP contribution in [-0.2, 0) is 0 Å². The normalized spacial score (nSPS) is 20.3. The molecule has 1 fully saturated rings. The fraction of sp³-hybridized carbons (Fsp3) is 0.367. The monoisotopic (exact) mass is 531 g/mol. The quantitative estimate of drug-likeness (QED) is 0.343. The Hall–Kier alpha value is -4.01. The van der Waals surface area contributed by atoms with Crippen molar-refractivity contribution in [1.29, 1.82) is 0 Å². The Bertz CT molecular complexity index is 1600. The minimum Gasteiger partial charge on any atom is -0.336 e. The zero-order valence-corrected chi connectivity index (χ0v) is 22.5. The summed E-state index contributed by atoms with van der Waals surface area (Å²) < 4.78 is 28.9. The maximum Gasteiger partial charge on any atom is 0.289 e. The summed E-state index contributed by atoms with van der Waals surface area (Å²) in [6.45, 7) is 9.27. The van der Waals surface area contributed by atoms with Crippen LogP contribution in [0.2, 0.25) is 0 Å². The number of hydrogen-bond donors (Lipinski definition) is 1. The lowest BCUT2D eigenvalue weighted by Crippen LogP contribution is -2.46. The van der Waals surface area contributed by atoms with Crippen molar-refractivity contribution >= 4 is 16.8 Å². The van der Waals surface area contributed by atoms with Crippen molar-refractivity contribution < 1.29 is 13.6 Å². The molecule has 2 aromatic carbocycles. The molecule has 0 radical (unpaired) electrons. The Morgan fingerprint density at radius 1 is 1.10 bits per heavy atom. The molecule has 5 rings (SSSR count). The third kappa shape index (κ3) is 4.60. The lowest BCUT2D eigenvalue weighted by molar-refractivity contribution is 0.0449. The highest BCUT2D eigenvalue weighted by Crippen LogP contribution is 2.60. The molecule has 1 aliphatic rings. The molecule has 1 aliphatic carbocycles. The van der Waals surface area contributed by atoms with Crippen LogP contribution in [-0.4, -0.2) is 44.1 Å². The number of halogens is 2. The second kappa shape index (κ2) is 9.94. The number of nitrogens with one attached hydrogen (secondary N) is 1. The summed E-state index contributed by atoms with van der Waals surface area (Å²) in [5.41, 5.74) is 0.340. The number of carbonyl (C=O) groups is 1. The van der Waals surface area contributed by atoms with E-state index in [2.05, 4.69) is 40.9 Å². The van der Waals surface area contributed by atoms with Gasteiger partial charge in [0, 0.05) is 13.1 Å². The van der Waals surface area contributed by atoms with Crippen LogP contribution in [0.15, 0.2) is 59.5 Å². The van der Waals surface area contributed by atoms with Gasteiger partial charge in [-0.25, -0.2) is 13.8 Å². The standard InChI is InChI=1S/C30H31F2N5O2/c1-5-37(28(39)26-34-23-12-7-6-9-19(23)27(38)35-26)17-30(4)14-13-20(29(30,2)3)18-15-24(36-33-16-18)25-21(31)10-8-11-22(25)32/h6-12,15-16,20H,5,13-14,17H2,1-4H3,(H,34,35,38)/t20-,30-/m0/s1. The fourth-order valence-corrected chi connectivity index (χ4v) is 5.96. The number of nitrogens with zero attached hydrogens (tertiary/aromatic N) is 4. The first-order chi connectivity index (χ1) is 18.6. The molecule has 202 valence electrons. The molecule has 0 aliphatic heterocycles. The molecule has 4 aromatic rings. The summed E-state index contributed by atoms with van der Waals surface area (Å²) in [6.07, 6.45) is 3.29. The first kappa shape index (κ1) is 26.6. The Morgan fingerprint density at radius 2 is 1.82 bits per heavy atom. The third-order valence-corrected chi connectivity index (χ3v) is 8.73. The molecule has 0 unspecified atom stereocenters. The Kier molecular flexibility index (Phi) is 6.78. The van der Waals surface area contributed by atoms with E-state index in [1.807, 2.05) is 6.92 Å². The first-order valence-corrected chi connectivity index (χ1v) is 13.1. The van der Waals surface area contributed by atoms with Gasteiger partial charge in [-0.2, -0.15) is 10.2 Å². The van der Waals surface area contributed by atoms with E-state index in [1.54, 1.807) is 41.4 Å². The lowest BCUT2D eigenvalue weighted by atomic mass is 9.64. The number of benzene rings is 2. The van der Waals surface area contributed by atoms with Gasteiger partial charge in [-0.1, -0.05) is 39.0 Å². The number of fused-ring (bicyclic) bond motifs is 1. The second-order valence-electron chi connectivity index (χ2n) is 11.1. The van der Waals surface area contributed by atoms with Crippen LogP contribution in [0.1, 0.15) is 62.6 Å². The van der Waals surface area contributed by atoms with Crippen LogP contribution in [0.3, 0.4) is 0 Å². The third-order valence-electron chi connectivity index (χ3n) is 8.73. The molecule has 1 amide bonds. The van der Waals surface area contributed by atoms with Gasteiger partial charge in [-0.3, -0.25) is 9.59 Å². The predicted octanol–water partition coefficient (Wildman–Crippen LogP) is 5.73. The highest BCUT2D eigenvalue weighted by atomic mass is 19.1. The van der Waals surface area contributed by atoms with Crippen molar-refractivity contribution in [2.75, 3.05) is 13.1 Å². The molecule has 0 bridgehead atoms. The molecule has 2 aromatic heterocycles. The lowest BCUT2D eigenvalue weighted by Gasteiger charge is -2.44. The van der Waals surface area contributed by atoms with Crippen molar-refractivity contribution in [2.24, 2.45) is 10.8 Å². The van der Waals surface area contributed by atoms with E-state index in [0.717, 1.165) is 18.4 Å². The first-order valence-electron chi connectivity index (χ1n) is 13.1. The zero-order chi connectivity index (χ0) is 27.9. The van der Waals surface area contributed by atoms with Crippen molar-refractivity contribution in [2.45, 2.75) is 46.5 Å². The summed E-state index contributed by atoms with van der Waals surface area (Å²) in [5, 5.41) is 8.54. The van der Waals surface area contributed by atoms with Crippen molar-refractivity contribution in [3.05, 3.63) is 88.1 Å². The minimum absolute atomic E-state index is 0.0198. The molecular weight excluding hydrogens is 500 g/mol. The molecular formula is C30H31F2N5O2. The Balaban J connectivity index is 1.43. The van der Waals surface area contributed by atoms with Gasteiger partial charge in [0.1, 0.15) is 11.6 Å². The average Bonchev–Trinajstić information content (AvgIpc) is 3.15. The molecule has 0 saturated heterocycles. The minimum atomic E-state index is -0.686. The van der Waals surface area contributed by atoms with Crippen LogP contribution in [0.25, 0.3) is 22.2 Å². The number of para-hydroxylation sites is 1. The summed E-state index contributed by atoms with van der Waals surface area (Å²) >= 11 is 0. The van der Waals surface area contributed by atoms with Crippen LogP contribution in [0, 0.1) is 22.5 Å². The van der Waals surface area contributed by atoms with Crippen molar-refractivity contribution in [3.8, 4) is 11.3 Å². The maximum atomic E-state index is 14.5. The summed E-state index contributed by atoms with van der Waals surface area (Å²) in [7, 11) is 0. The van der Waals surface area contributed by atoms with Crippen LogP contribution in [0.5, 0.6) is 0 Å². The number of aromatic nitrogens is 4. The molecule has 2 atom stereocenters. The Morgan fingerprint density at radius 3 is 2.54 bits per heavy atom. The van der Waals surface area contributed by atoms with E-state index in [4.69, 9.17) is 0 Å². The van der Waals surface area contributed by atoms with Gasteiger partial charge in [0.2, 0.25) is 0 Å².